The Balaban J connectivity index is 1.42. The molecule has 2 fully saturated rings. The molecule has 202 valence electrons. The number of amides is 4. The van der Waals surface area contributed by atoms with Gasteiger partial charge in [0, 0.05) is 47.4 Å². The van der Waals surface area contributed by atoms with E-state index >= 15 is 0 Å². The van der Waals surface area contributed by atoms with E-state index < -0.39 is 23.4 Å². The van der Waals surface area contributed by atoms with Crippen LogP contribution >= 0.6 is 23.2 Å². The molecule has 1 N–H and O–H groups in total. The minimum absolute atomic E-state index is 0.0116. The predicted octanol–water partition coefficient (Wildman–Crippen LogP) is 5.30. The minimum atomic E-state index is -1.37. The highest BCUT2D eigenvalue weighted by molar-refractivity contribution is 6.36. The van der Waals surface area contributed by atoms with Crippen molar-refractivity contribution in [2.45, 2.75) is 24.3 Å². The van der Waals surface area contributed by atoms with Crippen LogP contribution in [0.5, 0.6) is 0 Å². The molecule has 0 saturated carbocycles. The Morgan fingerprint density at radius 2 is 1.77 bits per heavy atom. The third-order valence-electron chi connectivity index (χ3n) is 8.19. The number of likely N-dealkylation sites (tertiary alicyclic amines) is 1. The van der Waals surface area contributed by atoms with Crippen LogP contribution in [0.1, 0.15) is 39.4 Å². The molecule has 1 spiro atoms. The molecule has 3 heterocycles. The molecule has 0 aromatic heterocycles. The molecular weight excluding hydrogens is 549 g/mol. The zero-order valence-electron chi connectivity index (χ0n) is 21.7. The van der Waals surface area contributed by atoms with E-state index in [1.165, 1.54) is 23.1 Å². The lowest BCUT2D eigenvalue weighted by Gasteiger charge is -2.33. The van der Waals surface area contributed by atoms with E-state index in [0.717, 1.165) is 41.1 Å². The summed E-state index contributed by atoms with van der Waals surface area (Å²) in [5, 5.41) is 13.2. The molecule has 40 heavy (non-hydrogen) atoms. The molecule has 0 aliphatic carbocycles. The SMILES string of the molecule is CN1C(=O)N(c2cc(Cl)cc(Cl)c2)C(=O)C12CN(C(=O)c1ccc3c(c1)CCCN3)CC2c1ccc(C#N)cc1. The number of benzene rings is 3. The molecule has 4 amide bonds. The minimum Gasteiger partial charge on any atom is -0.385 e. The molecule has 3 aromatic rings. The molecule has 3 aromatic carbocycles. The van der Waals surface area contributed by atoms with Crippen molar-refractivity contribution in [2.75, 3.05) is 36.9 Å². The van der Waals surface area contributed by atoms with Gasteiger partial charge in [-0.15, -0.1) is 0 Å². The summed E-state index contributed by atoms with van der Waals surface area (Å²) in [6, 6.07) is 18.7. The van der Waals surface area contributed by atoms with E-state index in [-0.39, 0.29) is 24.7 Å². The number of nitrogens with zero attached hydrogens (tertiary/aromatic N) is 4. The first-order valence-electron chi connectivity index (χ1n) is 13.0. The van der Waals surface area contributed by atoms with Crippen molar-refractivity contribution >= 4 is 52.4 Å². The van der Waals surface area contributed by atoms with Crippen LogP contribution in [0.4, 0.5) is 16.2 Å². The third-order valence-corrected chi connectivity index (χ3v) is 8.62. The zero-order chi connectivity index (χ0) is 28.2. The van der Waals surface area contributed by atoms with Gasteiger partial charge in [0.2, 0.25) is 0 Å². The maximum absolute atomic E-state index is 14.4. The summed E-state index contributed by atoms with van der Waals surface area (Å²) in [7, 11) is 1.58. The fourth-order valence-electron chi connectivity index (χ4n) is 6.15. The highest BCUT2D eigenvalue weighted by atomic mass is 35.5. The molecule has 2 unspecified atom stereocenters. The van der Waals surface area contributed by atoms with Crippen LogP contribution in [0.15, 0.2) is 60.7 Å². The first-order valence-corrected chi connectivity index (χ1v) is 13.7. The summed E-state index contributed by atoms with van der Waals surface area (Å²) in [6.07, 6.45) is 1.87. The molecule has 8 nitrogen and oxygen atoms in total. The van der Waals surface area contributed by atoms with Gasteiger partial charge in [0.15, 0.2) is 0 Å². The van der Waals surface area contributed by atoms with Gasteiger partial charge in [-0.2, -0.15) is 5.26 Å². The molecule has 6 rings (SSSR count). The van der Waals surface area contributed by atoms with Gasteiger partial charge in [-0.1, -0.05) is 35.3 Å². The normalized spacial score (nSPS) is 21.9. The van der Waals surface area contributed by atoms with Crippen LogP contribution < -0.4 is 10.2 Å². The molecule has 10 heteroatoms. The van der Waals surface area contributed by atoms with Crippen molar-refractivity contribution in [3.8, 4) is 6.07 Å². The number of urea groups is 1. The number of carbonyl (C=O) groups is 3. The van der Waals surface area contributed by atoms with Gasteiger partial charge in [0.05, 0.1) is 23.9 Å². The quantitative estimate of drug-likeness (QED) is 0.429. The Hall–Kier alpha value is -4.06. The standard InChI is InChI=1S/C30H25Cl2N5O3/c1-35-29(40)37(24-13-22(31)12-23(32)14-24)28(39)30(35)17-36(16-25(30)19-6-4-18(15-33)5-7-19)27(38)21-8-9-26-20(11-21)3-2-10-34-26/h4-9,11-14,25,34H,2-3,10,16-17H2,1H3. The molecule has 0 radical (unpaired) electrons. The van der Waals surface area contributed by atoms with Crippen LogP contribution in [-0.4, -0.2) is 59.9 Å². The zero-order valence-corrected chi connectivity index (χ0v) is 23.2. The number of hydrogen-bond acceptors (Lipinski definition) is 5. The smallest absolute Gasteiger partial charge is 0.332 e. The lowest BCUT2D eigenvalue weighted by molar-refractivity contribution is -0.124. The van der Waals surface area contributed by atoms with Crippen molar-refractivity contribution in [3.63, 3.8) is 0 Å². The number of carbonyl (C=O) groups excluding carboxylic acids is 3. The largest absolute Gasteiger partial charge is 0.385 e. The van der Waals surface area contributed by atoms with Crippen LogP contribution in [0.25, 0.3) is 0 Å². The molecular formula is C30H25Cl2N5O3. The average molecular weight is 574 g/mol. The number of aryl methyl sites for hydroxylation is 1. The van der Waals surface area contributed by atoms with Gasteiger partial charge >= 0.3 is 6.03 Å². The van der Waals surface area contributed by atoms with E-state index in [1.54, 1.807) is 42.3 Å². The fourth-order valence-corrected chi connectivity index (χ4v) is 6.67. The van der Waals surface area contributed by atoms with Gasteiger partial charge in [-0.05, 0) is 72.5 Å². The Morgan fingerprint density at radius 3 is 2.48 bits per heavy atom. The lowest BCUT2D eigenvalue weighted by atomic mass is 9.80. The molecule has 2 saturated heterocycles. The predicted molar refractivity (Wildman–Crippen MR) is 153 cm³/mol. The Bertz CT molecular complexity index is 1580. The molecule has 3 aliphatic heterocycles. The maximum atomic E-state index is 14.4. The van der Waals surface area contributed by atoms with Gasteiger partial charge in [0.25, 0.3) is 11.8 Å². The maximum Gasteiger partial charge on any atom is 0.332 e. The summed E-state index contributed by atoms with van der Waals surface area (Å²) in [5.41, 5.74) is 2.78. The average Bonchev–Trinajstić information content (AvgIpc) is 3.44. The summed E-state index contributed by atoms with van der Waals surface area (Å²) >= 11 is 12.4. The summed E-state index contributed by atoms with van der Waals surface area (Å²) in [5.74, 6) is -1.20. The first-order chi connectivity index (χ1) is 19.2. The van der Waals surface area contributed by atoms with E-state index in [2.05, 4.69) is 11.4 Å². The second-order valence-electron chi connectivity index (χ2n) is 10.4. The Kier molecular flexibility index (Phi) is 6.44. The van der Waals surface area contributed by atoms with E-state index in [4.69, 9.17) is 23.2 Å². The number of halogens is 2. The molecule has 3 aliphatic rings. The van der Waals surface area contributed by atoms with Crippen LogP contribution in [-0.2, 0) is 11.2 Å². The number of nitriles is 1. The van der Waals surface area contributed by atoms with Crippen molar-refractivity contribution < 1.29 is 14.4 Å². The summed E-state index contributed by atoms with van der Waals surface area (Å²) < 4.78 is 0. The van der Waals surface area contributed by atoms with E-state index in [0.29, 0.717) is 21.2 Å². The van der Waals surface area contributed by atoms with Gasteiger partial charge in [-0.25, -0.2) is 9.69 Å². The van der Waals surface area contributed by atoms with Gasteiger partial charge in [-0.3, -0.25) is 9.59 Å². The molecule has 0 bridgehead atoms. The fraction of sp³-hybridized carbons (Fsp3) is 0.267. The Morgan fingerprint density at radius 1 is 1.05 bits per heavy atom. The second-order valence-corrected chi connectivity index (χ2v) is 11.3. The van der Waals surface area contributed by atoms with E-state index in [1.807, 2.05) is 12.1 Å². The topological polar surface area (TPSA) is 96.8 Å². The number of hydrogen-bond donors (Lipinski definition) is 1. The van der Waals surface area contributed by atoms with Crippen LogP contribution in [0.2, 0.25) is 10.0 Å². The highest BCUT2D eigenvalue weighted by Crippen LogP contribution is 2.47. The van der Waals surface area contributed by atoms with E-state index in [9.17, 15) is 19.6 Å². The van der Waals surface area contributed by atoms with Gasteiger partial charge < -0.3 is 15.1 Å². The van der Waals surface area contributed by atoms with Crippen LogP contribution in [0.3, 0.4) is 0 Å². The molecule has 2 atom stereocenters. The number of imide groups is 1. The number of nitrogens with one attached hydrogen (secondary N) is 1. The Labute approximate surface area is 241 Å². The van der Waals surface area contributed by atoms with Crippen molar-refractivity contribution in [1.29, 1.82) is 5.26 Å². The summed E-state index contributed by atoms with van der Waals surface area (Å²) in [4.78, 5) is 46.1. The lowest BCUT2D eigenvalue weighted by Crippen LogP contribution is -2.54. The highest BCUT2D eigenvalue weighted by Gasteiger charge is 2.65. The van der Waals surface area contributed by atoms with Crippen molar-refractivity contribution in [2.24, 2.45) is 0 Å². The number of fused-ring (bicyclic) bond motifs is 1. The third kappa shape index (κ3) is 4.09. The van der Waals surface area contributed by atoms with Crippen LogP contribution in [0, 0.1) is 11.3 Å². The van der Waals surface area contributed by atoms with Gasteiger partial charge in [0.1, 0.15) is 5.54 Å². The number of likely N-dealkylation sites (N-methyl/N-ethyl adjacent to an activating group) is 1. The monoisotopic (exact) mass is 573 g/mol. The first kappa shape index (κ1) is 26.2. The van der Waals surface area contributed by atoms with Crippen molar-refractivity contribution in [3.05, 3.63) is 93.0 Å². The number of anilines is 2. The second kappa shape index (κ2) is 9.84. The summed E-state index contributed by atoms with van der Waals surface area (Å²) in [6.45, 7) is 1.13. The van der Waals surface area contributed by atoms with Crippen molar-refractivity contribution in [1.82, 2.24) is 9.80 Å². The number of rotatable bonds is 3.